The first-order valence-corrected chi connectivity index (χ1v) is 11.2. The van der Waals surface area contributed by atoms with E-state index in [9.17, 15) is 9.59 Å². The lowest BCUT2D eigenvalue weighted by Crippen LogP contribution is -2.47. The lowest BCUT2D eigenvalue weighted by molar-refractivity contribution is -0.123. The fraction of sp³-hybridized carbons (Fsp3) is 0.333. The summed E-state index contributed by atoms with van der Waals surface area (Å²) < 4.78 is 5.32. The SMILES string of the molecule is COc1cc(CNC(=O)C(CCSC)NC(=O)c2ccc(Cl)cc2Cl)ccc1C. The molecule has 156 valence electrons. The molecule has 2 aromatic carbocycles. The summed E-state index contributed by atoms with van der Waals surface area (Å²) in [5.41, 5.74) is 2.21. The van der Waals surface area contributed by atoms with Gasteiger partial charge in [0, 0.05) is 11.6 Å². The van der Waals surface area contributed by atoms with Crippen LogP contribution >= 0.6 is 35.0 Å². The van der Waals surface area contributed by atoms with Gasteiger partial charge in [0.05, 0.1) is 17.7 Å². The molecule has 0 bridgehead atoms. The zero-order chi connectivity index (χ0) is 21.4. The van der Waals surface area contributed by atoms with Gasteiger partial charge in [0.15, 0.2) is 0 Å². The Balaban J connectivity index is 2.06. The van der Waals surface area contributed by atoms with Gasteiger partial charge in [-0.05, 0) is 60.7 Å². The van der Waals surface area contributed by atoms with E-state index < -0.39 is 11.9 Å². The number of aryl methyl sites for hydroxylation is 1. The van der Waals surface area contributed by atoms with Gasteiger partial charge in [0.1, 0.15) is 11.8 Å². The molecule has 0 fully saturated rings. The average Bonchev–Trinajstić information content (AvgIpc) is 2.69. The minimum atomic E-state index is -0.672. The van der Waals surface area contributed by atoms with E-state index in [1.165, 1.54) is 6.07 Å². The number of rotatable bonds is 9. The molecule has 0 aliphatic heterocycles. The maximum atomic E-state index is 12.7. The smallest absolute Gasteiger partial charge is 0.253 e. The molecular formula is C21H24Cl2N2O3S. The molecule has 1 atom stereocenters. The molecule has 2 N–H and O–H groups in total. The highest BCUT2D eigenvalue weighted by molar-refractivity contribution is 7.98. The summed E-state index contributed by atoms with van der Waals surface area (Å²) in [4.78, 5) is 25.3. The quantitative estimate of drug-likeness (QED) is 0.585. The van der Waals surface area contributed by atoms with E-state index in [-0.39, 0.29) is 16.5 Å². The molecule has 0 saturated carbocycles. The molecule has 1 unspecified atom stereocenters. The van der Waals surface area contributed by atoms with Crippen molar-refractivity contribution in [1.82, 2.24) is 10.6 Å². The molecular weight excluding hydrogens is 431 g/mol. The summed E-state index contributed by atoms with van der Waals surface area (Å²) in [6.07, 6.45) is 2.45. The molecule has 0 heterocycles. The highest BCUT2D eigenvalue weighted by atomic mass is 35.5. The van der Waals surface area contributed by atoms with Crippen LogP contribution in [0.3, 0.4) is 0 Å². The lowest BCUT2D eigenvalue weighted by Gasteiger charge is -2.19. The van der Waals surface area contributed by atoms with Crippen LogP contribution in [-0.2, 0) is 11.3 Å². The first kappa shape index (κ1) is 23.4. The van der Waals surface area contributed by atoms with Gasteiger partial charge in [-0.25, -0.2) is 0 Å². The zero-order valence-electron chi connectivity index (χ0n) is 16.6. The normalized spacial score (nSPS) is 11.6. The number of amides is 2. The zero-order valence-corrected chi connectivity index (χ0v) is 18.9. The summed E-state index contributed by atoms with van der Waals surface area (Å²) in [5.74, 6) is 0.828. The second-order valence-electron chi connectivity index (χ2n) is 6.45. The number of benzene rings is 2. The Kier molecular flexibility index (Phi) is 9.14. The summed E-state index contributed by atoms with van der Waals surface area (Å²) >= 11 is 13.6. The Labute approximate surface area is 185 Å². The summed E-state index contributed by atoms with van der Waals surface area (Å²) in [6.45, 7) is 2.29. The van der Waals surface area contributed by atoms with Crippen LogP contribution in [0.5, 0.6) is 5.75 Å². The molecule has 29 heavy (non-hydrogen) atoms. The number of hydrogen-bond donors (Lipinski definition) is 2. The Morgan fingerprint density at radius 1 is 1.17 bits per heavy atom. The van der Waals surface area contributed by atoms with Crippen molar-refractivity contribution in [2.75, 3.05) is 19.1 Å². The van der Waals surface area contributed by atoms with Gasteiger partial charge >= 0.3 is 0 Å². The third-order valence-electron chi connectivity index (χ3n) is 4.35. The molecule has 0 aliphatic carbocycles. The summed E-state index contributed by atoms with van der Waals surface area (Å²) in [5, 5.41) is 6.35. The number of carbonyl (C=O) groups excluding carboxylic acids is 2. The van der Waals surface area contributed by atoms with Gasteiger partial charge < -0.3 is 15.4 Å². The predicted octanol–water partition coefficient (Wildman–Crippen LogP) is 4.48. The number of carbonyl (C=O) groups is 2. The third kappa shape index (κ3) is 6.84. The van der Waals surface area contributed by atoms with Gasteiger partial charge in [-0.2, -0.15) is 11.8 Å². The first-order valence-electron chi connectivity index (χ1n) is 9.01. The van der Waals surface area contributed by atoms with Crippen molar-refractivity contribution in [3.05, 3.63) is 63.1 Å². The van der Waals surface area contributed by atoms with E-state index in [0.717, 1.165) is 22.6 Å². The van der Waals surface area contributed by atoms with Crippen LogP contribution in [0.25, 0.3) is 0 Å². The number of ether oxygens (including phenoxy) is 1. The number of thioether (sulfide) groups is 1. The van der Waals surface area contributed by atoms with Gasteiger partial charge in [-0.15, -0.1) is 0 Å². The van der Waals surface area contributed by atoms with Crippen LogP contribution in [-0.4, -0.2) is 37.0 Å². The molecule has 5 nitrogen and oxygen atoms in total. The van der Waals surface area contributed by atoms with Crippen LogP contribution in [0, 0.1) is 6.92 Å². The molecule has 0 saturated heterocycles. The Hall–Kier alpha value is -1.89. The van der Waals surface area contributed by atoms with Crippen molar-refractivity contribution in [3.63, 3.8) is 0 Å². The Morgan fingerprint density at radius 3 is 2.59 bits per heavy atom. The number of hydrogen-bond acceptors (Lipinski definition) is 4. The van der Waals surface area contributed by atoms with Crippen LogP contribution in [0.2, 0.25) is 10.0 Å². The van der Waals surface area contributed by atoms with Crippen molar-refractivity contribution < 1.29 is 14.3 Å². The van der Waals surface area contributed by atoms with E-state index in [4.69, 9.17) is 27.9 Å². The monoisotopic (exact) mass is 454 g/mol. The van der Waals surface area contributed by atoms with Crippen molar-refractivity contribution in [2.24, 2.45) is 0 Å². The Morgan fingerprint density at radius 2 is 1.93 bits per heavy atom. The highest BCUT2D eigenvalue weighted by Crippen LogP contribution is 2.21. The number of nitrogens with one attached hydrogen (secondary N) is 2. The molecule has 2 amide bonds. The summed E-state index contributed by atoms with van der Waals surface area (Å²) in [6, 6.07) is 9.72. The summed E-state index contributed by atoms with van der Waals surface area (Å²) in [7, 11) is 1.61. The minimum Gasteiger partial charge on any atom is -0.496 e. The maximum Gasteiger partial charge on any atom is 0.253 e. The number of halogens is 2. The molecule has 0 aromatic heterocycles. The molecule has 2 rings (SSSR count). The van der Waals surface area contributed by atoms with Crippen LogP contribution < -0.4 is 15.4 Å². The third-order valence-corrected chi connectivity index (χ3v) is 5.54. The van der Waals surface area contributed by atoms with E-state index in [1.54, 1.807) is 31.0 Å². The second-order valence-corrected chi connectivity index (χ2v) is 8.28. The predicted molar refractivity (Wildman–Crippen MR) is 120 cm³/mol. The largest absolute Gasteiger partial charge is 0.496 e. The standard InChI is InChI=1S/C21H24Cl2N2O3S/c1-13-4-5-14(10-19(13)28-2)12-24-21(27)18(8-9-29-3)25-20(26)16-7-6-15(22)11-17(16)23/h4-7,10-11,18H,8-9,12H2,1-3H3,(H,24,27)(H,25,26). The molecule has 8 heteroatoms. The molecule has 0 aliphatic rings. The van der Waals surface area contributed by atoms with Gasteiger partial charge in [0.2, 0.25) is 5.91 Å². The van der Waals surface area contributed by atoms with E-state index in [0.29, 0.717) is 18.0 Å². The van der Waals surface area contributed by atoms with Crippen LogP contribution in [0.1, 0.15) is 27.9 Å². The highest BCUT2D eigenvalue weighted by Gasteiger charge is 2.22. The van der Waals surface area contributed by atoms with E-state index in [1.807, 2.05) is 31.4 Å². The van der Waals surface area contributed by atoms with Crippen LogP contribution in [0.15, 0.2) is 36.4 Å². The second kappa shape index (κ2) is 11.3. The Bertz CT molecular complexity index is 877. The van der Waals surface area contributed by atoms with E-state index in [2.05, 4.69) is 10.6 Å². The van der Waals surface area contributed by atoms with Gasteiger partial charge in [-0.3, -0.25) is 9.59 Å². The topological polar surface area (TPSA) is 67.4 Å². The van der Waals surface area contributed by atoms with Crippen molar-refractivity contribution in [3.8, 4) is 5.75 Å². The van der Waals surface area contributed by atoms with E-state index >= 15 is 0 Å². The maximum absolute atomic E-state index is 12.7. The average molecular weight is 455 g/mol. The molecule has 0 radical (unpaired) electrons. The fourth-order valence-electron chi connectivity index (χ4n) is 2.70. The van der Waals surface area contributed by atoms with Crippen molar-refractivity contribution in [2.45, 2.75) is 25.9 Å². The van der Waals surface area contributed by atoms with Gasteiger partial charge in [-0.1, -0.05) is 35.3 Å². The molecule has 2 aromatic rings. The lowest BCUT2D eigenvalue weighted by atomic mass is 10.1. The van der Waals surface area contributed by atoms with Gasteiger partial charge in [0.25, 0.3) is 5.91 Å². The van der Waals surface area contributed by atoms with Crippen molar-refractivity contribution in [1.29, 1.82) is 0 Å². The van der Waals surface area contributed by atoms with Crippen LogP contribution in [0.4, 0.5) is 0 Å². The fourth-order valence-corrected chi connectivity index (χ4v) is 3.67. The van der Waals surface area contributed by atoms with Crippen molar-refractivity contribution >= 4 is 46.8 Å². The molecule has 0 spiro atoms. The minimum absolute atomic E-state index is 0.241. The number of methoxy groups -OCH3 is 1. The first-order chi connectivity index (χ1) is 13.8.